The predicted molar refractivity (Wildman–Crippen MR) is 77.7 cm³/mol. The molecule has 0 bridgehead atoms. The number of carboxylic acid groups (broad SMARTS) is 1. The molecule has 1 heterocycles. The number of aliphatic carboxylic acids is 1. The molecular weight excluding hydrogens is 270 g/mol. The van der Waals surface area contributed by atoms with Crippen molar-refractivity contribution in [1.82, 2.24) is 15.0 Å². The Bertz CT molecular complexity index is 610. The van der Waals surface area contributed by atoms with Gasteiger partial charge in [0.2, 0.25) is 11.7 Å². The monoisotopic (exact) mass is 289 g/mol. The van der Waals surface area contributed by atoms with Crippen LogP contribution in [0.3, 0.4) is 0 Å². The molecule has 6 nitrogen and oxygen atoms in total. The van der Waals surface area contributed by atoms with Gasteiger partial charge in [-0.2, -0.15) is 4.98 Å². The first-order chi connectivity index (χ1) is 10.1. The number of rotatable bonds is 7. The number of benzene rings is 1. The summed E-state index contributed by atoms with van der Waals surface area (Å²) < 4.78 is 5.26. The van der Waals surface area contributed by atoms with Gasteiger partial charge in [0.1, 0.15) is 0 Å². The van der Waals surface area contributed by atoms with Crippen LogP contribution >= 0.6 is 0 Å². The van der Waals surface area contributed by atoms with Crippen LogP contribution in [0.15, 0.2) is 28.8 Å². The molecule has 1 aromatic heterocycles. The maximum absolute atomic E-state index is 10.6. The topological polar surface area (TPSA) is 79.5 Å². The molecule has 0 saturated carbocycles. The standard InChI is InChI=1S/C15H19N3O3/c1-3-18(9-8-14(19)20)10-13-16-15(17-21-13)12-7-5-4-6-11(12)2/h4-7H,3,8-10H2,1-2H3,(H,19,20). The lowest BCUT2D eigenvalue weighted by Gasteiger charge is -2.16. The molecule has 0 radical (unpaired) electrons. The van der Waals surface area contributed by atoms with E-state index in [1.54, 1.807) is 0 Å². The molecule has 0 aliphatic heterocycles. The van der Waals surface area contributed by atoms with Gasteiger partial charge in [0.05, 0.1) is 13.0 Å². The predicted octanol–water partition coefficient (Wildman–Crippen LogP) is 2.34. The second-order valence-electron chi connectivity index (χ2n) is 4.84. The smallest absolute Gasteiger partial charge is 0.304 e. The third kappa shape index (κ3) is 4.13. The Morgan fingerprint density at radius 3 is 2.81 bits per heavy atom. The van der Waals surface area contributed by atoms with Gasteiger partial charge < -0.3 is 9.63 Å². The van der Waals surface area contributed by atoms with Crippen molar-refractivity contribution in [2.24, 2.45) is 0 Å². The molecule has 2 aromatic rings. The average Bonchev–Trinajstić information content (AvgIpc) is 2.92. The Labute approximate surface area is 123 Å². The largest absolute Gasteiger partial charge is 0.481 e. The van der Waals surface area contributed by atoms with Crippen LogP contribution in [0.5, 0.6) is 0 Å². The van der Waals surface area contributed by atoms with Crippen LogP contribution in [0.25, 0.3) is 11.4 Å². The highest BCUT2D eigenvalue weighted by Crippen LogP contribution is 2.20. The fourth-order valence-electron chi connectivity index (χ4n) is 2.05. The van der Waals surface area contributed by atoms with Gasteiger partial charge in [0.15, 0.2) is 0 Å². The van der Waals surface area contributed by atoms with Crippen molar-refractivity contribution in [2.45, 2.75) is 26.8 Å². The minimum Gasteiger partial charge on any atom is -0.481 e. The van der Waals surface area contributed by atoms with E-state index >= 15 is 0 Å². The zero-order chi connectivity index (χ0) is 15.2. The lowest BCUT2D eigenvalue weighted by Crippen LogP contribution is -2.25. The van der Waals surface area contributed by atoms with Crippen LogP contribution < -0.4 is 0 Å². The van der Waals surface area contributed by atoms with Gasteiger partial charge in [-0.15, -0.1) is 0 Å². The SMILES string of the molecule is CCN(CCC(=O)O)Cc1nc(-c2ccccc2C)no1. The number of aryl methyl sites for hydroxylation is 1. The minimum absolute atomic E-state index is 0.104. The van der Waals surface area contributed by atoms with Crippen LogP contribution in [-0.2, 0) is 11.3 Å². The number of aromatic nitrogens is 2. The second-order valence-corrected chi connectivity index (χ2v) is 4.84. The van der Waals surface area contributed by atoms with Crippen LogP contribution in [0.1, 0.15) is 24.8 Å². The molecule has 112 valence electrons. The van der Waals surface area contributed by atoms with Crippen molar-refractivity contribution < 1.29 is 14.4 Å². The summed E-state index contributed by atoms with van der Waals surface area (Å²) in [4.78, 5) is 17.0. The van der Waals surface area contributed by atoms with Gasteiger partial charge in [-0.25, -0.2) is 0 Å². The Kier molecular flexibility index (Phi) is 5.05. The molecule has 0 aliphatic carbocycles. The van der Waals surface area contributed by atoms with Crippen molar-refractivity contribution in [1.29, 1.82) is 0 Å². The van der Waals surface area contributed by atoms with E-state index in [1.807, 2.05) is 43.0 Å². The fraction of sp³-hybridized carbons (Fsp3) is 0.400. The lowest BCUT2D eigenvalue weighted by molar-refractivity contribution is -0.137. The minimum atomic E-state index is -0.806. The summed E-state index contributed by atoms with van der Waals surface area (Å²) in [5.41, 5.74) is 2.03. The summed E-state index contributed by atoms with van der Waals surface area (Å²) in [6, 6.07) is 7.84. The molecule has 0 saturated heterocycles. The molecule has 1 N–H and O–H groups in total. The molecular formula is C15H19N3O3. The van der Waals surface area contributed by atoms with E-state index in [2.05, 4.69) is 10.1 Å². The molecule has 0 spiro atoms. The van der Waals surface area contributed by atoms with Gasteiger partial charge in [-0.1, -0.05) is 36.3 Å². The number of carboxylic acids is 1. The summed E-state index contributed by atoms with van der Waals surface area (Å²) >= 11 is 0. The molecule has 2 rings (SSSR count). The molecule has 21 heavy (non-hydrogen) atoms. The maximum Gasteiger partial charge on any atom is 0.304 e. The highest BCUT2D eigenvalue weighted by Gasteiger charge is 2.13. The number of hydrogen-bond donors (Lipinski definition) is 1. The quantitative estimate of drug-likeness (QED) is 0.842. The molecule has 0 amide bonds. The Morgan fingerprint density at radius 1 is 1.38 bits per heavy atom. The summed E-state index contributed by atoms with van der Waals surface area (Å²) in [6.07, 6.45) is 0.104. The van der Waals surface area contributed by atoms with E-state index in [0.717, 1.165) is 17.7 Å². The Balaban J connectivity index is 2.06. The van der Waals surface area contributed by atoms with Crippen LogP contribution in [0.2, 0.25) is 0 Å². The van der Waals surface area contributed by atoms with Crippen molar-refractivity contribution in [3.05, 3.63) is 35.7 Å². The molecule has 0 atom stereocenters. The van der Waals surface area contributed by atoms with E-state index in [1.165, 1.54) is 0 Å². The first-order valence-electron chi connectivity index (χ1n) is 6.93. The molecule has 0 aliphatic rings. The summed E-state index contributed by atoms with van der Waals surface area (Å²) in [7, 11) is 0. The second kappa shape index (κ2) is 6.99. The average molecular weight is 289 g/mol. The van der Waals surface area contributed by atoms with Gasteiger partial charge in [-0.05, 0) is 19.0 Å². The van der Waals surface area contributed by atoms with E-state index in [-0.39, 0.29) is 6.42 Å². The van der Waals surface area contributed by atoms with Crippen molar-refractivity contribution in [3.63, 3.8) is 0 Å². The van der Waals surface area contributed by atoms with E-state index in [4.69, 9.17) is 9.63 Å². The van der Waals surface area contributed by atoms with Crippen molar-refractivity contribution in [2.75, 3.05) is 13.1 Å². The van der Waals surface area contributed by atoms with E-state index in [9.17, 15) is 4.79 Å². The normalized spacial score (nSPS) is 11.0. The van der Waals surface area contributed by atoms with Crippen molar-refractivity contribution in [3.8, 4) is 11.4 Å². The van der Waals surface area contributed by atoms with Gasteiger partial charge in [-0.3, -0.25) is 9.69 Å². The van der Waals surface area contributed by atoms with E-state index in [0.29, 0.717) is 24.8 Å². The third-order valence-electron chi connectivity index (χ3n) is 3.30. The summed E-state index contributed by atoms with van der Waals surface area (Å²) in [5.74, 6) is 0.262. The molecule has 1 aromatic carbocycles. The van der Waals surface area contributed by atoms with E-state index < -0.39 is 5.97 Å². The number of carbonyl (C=O) groups is 1. The zero-order valence-corrected chi connectivity index (χ0v) is 12.2. The maximum atomic E-state index is 10.6. The highest BCUT2D eigenvalue weighted by atomic mass is 16.5. The zero-order valence-electron chi connectivity index (χ0n) is 12.2. The summed E-state index contributed by atoms with van der Waals surface area (Å²) in [6.45, 7) is 5.63. The Hall–Kier alpha value is -2.21. The summed E-state index contributed by atoms with van der Waals surface area (Å²) in [5, 5.41) is 12.7. The van der Waals surface area contributed by atoms with Crippen LogP contribution in [0, 0.1) is 6.92 Å². The number of hydrogen-bond acceptors (Lipinski definition) is 5. The van der Waals surface area contributed by atoms with Crippen molar-refractivity contribution >= 4 is 5.97 Å². The van der Waals surface area contributed by atoms with Gasteiger partial charge in [0, 0.05) is 12.1 Å². The first-order valence-corrected chi connectivity index (χ1v) is 6.93. The van der Waals surface area contributed by atoms with Crippen LogP contribution in [0.4, 0.5) is 0 Å². The van der Waals surface area contributed by atoms with Crippen LogP contribution in [-0.4, -0.2) is 39.2 Å². The first kappa shape index (κ1) is 15.2. The lowest BCUT2D eigenvalue weighted by atomic mass is 10.1. The number of nitrogens with zero attached hydrogens (tertiary/aromatic N) is 3. The highest BCUT2D eigenvalue weighted by molar-refractivity contribution is 5.66. The third-order valence-corrected chi connectivity index (χ3v) is 3.30. The molecule has 0 fully saturated rings. The van der Waals surface area contributed by atoms with Gasteiger partial charge >= 0.3 is 5.97 Å². The Morgan fingerprint density at radius 2 is 2.14 bits per heavy atom. The molecule has 6 heteroatoms. The van der Waals surface area contributed by atoms with Gasteiger partial charge in [0.25, 0.3) is 0 Å². The molecule has 0 unspecified atom stereocenters. The fourth-order valence-corrected chi connectivity index (χ4v) is 2.05.